The third kappa shape index (κ3) is 4.06. The Balaban J connectivity index is 1.57. The van der Waals surface area contributed by atoms with Crippen molar-refractivity contribution in [3.8, 4) is 0 Å². The van der Waals surface area contributed by atoms with E-state index in [1.807, 2.05) is 0 Å². The first kappa shape index (κ1) is 12.4. The molecule has 1 saturated heterocycles. The molecular weight excluding hydrogens is 196 g/mol. The van der Waals surface area contributed by atoms with E-state index in [2.05, 4.69) is 17.1 Å². The number of hydrogen-bond acceptors (Lipinski definition) is 2. The highest BCUT2D eigenvalue weighted by Gasteiger charge is 2.17. The van der Waals surface area contributed by atoms with Crippen molar-refractivity contribution in [2.24, 2.45) is 5.92 Å². The molecule has 0 bridgehead atoms. The van der Waals surface area contributed by atoms with E-state index >= 15 is 0 Å². The van der Waals surface area contributed by atoms with Crippen LogP contribution in [0.2, 0.25) is 0 Å². The molecule has 1 aliphatic carbocycles. The molecule has 0 aromatic heterocycles. The summed E-state index contributed by atoms with van der Waals surface area (Å²) in [4.78, 5) is 2.61. The van der Waals surface area contributed by atoms with E-state index < -0.39 is 0 Å². The third-order valence-corrected chi connectivity index (χ3v) is 4.21. The summed E-state index contributed by atoms with van der Waals surface area (Å²) in [5.41, 5.74) is 0. The minimum absolute atomic E-state index is 0.681. The highest BCUT2D eigenvalue weighted by atomic mass is 15.2. The molecule has 0 aromatic carbocycles. The van der Waals surface area contributed by atoms with Gasteiger partial charge in [0.1, 0.15) is 0 Å². The maximum atomic E-state index is 3.74. The van der Waals surface area contributed by atoms with Crippen LogP contribution < -0.4 is 5.32 Å². The maximum Gasteiger partial charge on any atom is 0.0166 e. The van der Waals surface area contributed by atoms with Crippen LogP contribution in [0.25, 0.3) is 0 Å². The summed E-state index contributed by atoms with van der Waals surface area (Å²) in [6.45, 7) is 7.52. The van der Waals surface area contributed by atoms with Gasteiger partial charge >= 0.3 is 0 Å². The molecule has 0 aromatic rings. The Morgan fingerprint density at radius 1 is 1.06 bits per heavy atom. The fourth-order valence-electron chi connectivity index (χ4n) is 3.18. The average Bonchev–Trinajstić information content (AvgIpc) is 2.81. The molecule has 1 aliphatic heterocycles. The van der Waals surface area contributed by atoms with E-state index in [1.54, 1.807) is 0 Å². The molecule has 1 saturated carbocycles. The largest absolute Gasteiger partial charge is 0.313 e. The molecule has 0 radical (unpaired) electrons. The predicted molar refractivity (Wildman–Crippen MR) is 69.7 cm³/mol. The Morgan fingerprint density at radius 2 is 1.75 bits per heavy atom. The van der Waals surface area contributed by atoms with Crippen LogP contribution in [0.4, 0.5) is 0 Å². The smallest absolute Gasteiger partial charge is 0.0166 e. The van der Waals surface area contributed by atoms with Gasteiger partial charge in [-0.25, -0.2) is 0 Å². The van der Waals surface area contributed by atoms with E-state index in [9.17, 15) is 0 Å². The topological polar surface area (TPSA) is 15.3 Å². The Hall–Kier alpha value is -0.0800. The summed E-state index contributed by atoms with van der Waals surface area (Å²) in [6, 6.07) is 0.681. The lowest BCUT2D eigenvalue weighted by Gasteiger charge is -2.26. The van der Waals surface area contributed by atoms with Gasteiger partial charge in [-0.15, -0.1) is 0 Å². The summed E-state index contributed by atoms with van der Waals surface area (Å²) in [7, 11) is 0. The summed E-state index contributed by atoms with van der Waals surface area (Å²) in [5.74, 6) is 0.967. The van der Waals surface area contributed by atoms with Crippen LogP contribution in [0.1, 0.15) is 51.9 Å². The van der Waals surface area contributed by atoms with Gasteiger partial charge in [0, 0.05) is 12.6 Å². The van der Waals surface area contributed by atoms with Crippen molar-refractivity contribution in [1.82, 2.24) is 10.2 Å². The molecule has 1 heterocycles. The lowest BCUT2D eigenvalue weighted by atomic mass is 9.89. The molecule has 2 nitrogen and oxygen atoms in total. The lowest BCUT2D eigenvalue weighted by Crippen LogP contribution is -2.40. The molecule has 0 spiro atoms. The fraction of sp³-hybridized carbons (Fsp3) is 1.00. The molecule has 2 heteroatoms. The molecular formula is C14H28N2. The Labute approximate surface area is 101 Å². The number of likely N-dealkylation sites (tertiary alicyclic amines) is 1. The van der Waals surface area contributed by atoms with E-state index in [-0.39, 0.29) is 0 Å². The van der Waals surface area contributed by atoms with Crippen molar-refractivity contribution in [3.63, 3.8) is 0 Å². The molecule has 2 fully saturated rings. The zero-order valence-electron chi connectivity index (χ0n) is 10.9. The van der Waals surface area contributed by atoms with Gasteiger partial charge in [0.25, 0.3) is 0 Å². The Bertz CT molecular complexity index is 181. The monoisotopic (exact) mass is 224 g/mol. The first-order valence-electron chi connectivity index (χ1n) is 7.30. The van der Waals surface area contributed by atoms with Crippen LogP contribution >= 0.6 is 0 Å². The van der Waals surface area contributed by atoms with Crippen molar-refractivity contribution in [2.75, 3.05) is 26.2 Å². The van der Waals surface area contributed by atoms with Gasteiger partial charge in [0.15, 0.2) is 0 Å². The molecule has 1 N–H and O–H groups in total. The standard InChI is InChI=1S/C14H28N2/c1-13(12-16-9-5-6-10-16)15-11-14-7-3-2-4-8-14/h13-15H,2-12H2,1H3. The minimum atomic E-state index is 0.681. The molecule has 2 rings (SSSR count). The second-order valence-corrected chi connectivity index (χ2v) is 5.82. The van der Waals surface area contributed by atoms with Gasteiger partial charge in [-0.1, -0.05) is 19.3 Å². The molecule has 16 heavy (non-hydrogen) atoms. The summed E-state index contributed by atoms with van der Waals surface area (Å²) < 4.78 is 0. The van der Waals surface area contributed by atoms with Gasteiger partial charge in [0.05, 0.1) is 0 Å². The van der Waals surface area contributed by atoms with Crippen LogP contribution in [0.15, 0.2) is 0 Å². The molecule has 1 unspecified atom stereocenters. The van der Waals surface area contributed by atoms with Crippen molar-refractivity contribution < 1.29 is 0 Å². The van der Waals surface area contributed by atoms with E-state index in [1.165, 1.54) is 71.1 Å². The quantitative estimate of drug-likeness (QED) is 0.772. The van der Waals surface area contributed by atoms with Gasteiger partial charge in [-0.05, 0) is 58.2 Å². The molecule has 2 aliphatic rings. The van der Waals surface area contributed by atoms with Crippen molar-refractivity contribution in [1.29, 1.82) is 0 Å². The third-order valence-electron chi connectivity index (χ3n) is 4.21. The number of rotatable bonds is 5. The van der Waals surface area contributed by atoms with Crippen LogP contribution in [0, 0.1) is 5.92 Å². The maximum absolute atomic E-state index is 3.74. The molecule has 0 amide bonds. The van der Waals surface area contributed by atoms with Crippen molar-refractivity contribution >= 4 is 0 Å². The first-order valence-corrected chi connectivity index (χ1v) is 7.30. The average molecular weight is 224 g/mol. The zero-order chi connectivity index (χ0) is 11.2. The van der Waals surface area contributed by atoms with Gasteiger partial charge in [-0.3, -0.25) is 0 Å². The van der Waals surface area contributed by atoms with Gasteiger partial charge < -0.3 is 10.2 Å². The number of nitrogens with one attached hydrogen (secondary N) is 1. The molecule has 94 valence electrons. The van der Waals surface area contributed by atoms with E-state index in [4.69, 9.17) is 0 Å². The summed E-state index contributed by atoms with van der Waals surface area (Å²) in [6.07, 6.45) is 10.1. The Morgan fingerprint density at radius 3 is 2.44 bits per heavy atom. The van der Waals surface area contributed by atoms with Crippen LogP contribution in [-0.4, -0.2) is 37.1 Å². The fourth-order valence-corrected chi connectivity index (χ4v) is 3.18. The highest BCUT2D eigenvalue weighted by molar-refractivity contribution is 4.75. The SMILES string of the molecule is CC(CN1CCCC1)NCC1CCCCC1. The van der Waals surface area contributed by atoms with E-state index in [0.29, 0.717) is 6.04 Å². The number of nitrogens with zero attached hydrogens (tertiary/aromatic N) is 1. The van der Waals surface area contributed by atoms with Crippen LogP contribution in [0.5, 0.6) is 0 Å². The highest BCUT2D eigenvalue weighted by Crippen LogP contribution is 2.22. The van der Waals surface area contributed by atoms with E-state index in [0.717, 1.165) is 5.92 Å². The second-order valence-electron chi connectivity index (χ2n) is 5.82. The van der Waals surface area contributed by atoms with Crippen LogP contribution in [0.3, 0.4) is 0 Å². The first-order chi connectivity index (χ1) is 7.84. The van der Waals surface area contributed by atoms with Crippen molar-refractivity contribution in [3.05, 3.63) is 0 Å². The van der Waals surface area contributed by atoms with Gasteiger partial charge in [0.2, 0.25) is 0 Å². The van der Waals surface area contributed by atoms with Crippen LogP contribution in [-0.2, 0) is 0 Å². The van der Waals surface area contributed by atoms with Crippen molar-refractivity contribution in [2.45, 2.75) is 57.9 Å². The minimum Gasteiger partial charge on any atom is -0.313 e. The second kappa shape index (κ2) is 6.61. The number of hydrogen-bond donors (Lipinski definition) is 1. The summed E-state index contributed by atoms with van der Waals surface area (Å²) in [5, 5.41) is 3.74. The zero-order valence-corrected chi connectivity index (χ0v) is 10.9. The predicted octanol–water partition coefficient (Wildman–Crippen LogP) is 2.64. The lowest BCUT2D eigenvalue weighted by molar-refractivity contribution is 0.276. The Kier molecular flexibility index (Phi) is 5.11. The molecule has 1 atom stereocenters. The van der Waals surface area contributed by atoms with Gasteiger partial charge in [-0.2, -0.15) is 0 Å². The normalized spacial score (nSPS) is 26.1. The summed E-state index contributed by atoms with van der Waals surface area (Å²) >= 11 is 0.